The van der Waals surface area contributed by atoms with E-state index < -0.39 is 11.0 Å². The zero-order valence-electron chi connectivity index (χ0n) is 13.6. The van der Waals surface area contributed by atoms with Gasteiger partial charge in [-0.25, -0.2) is 4.79 Å². The molecule has 0 radical (unpaired) electrons. The molecular formula is C17H17N5O3. The molecule has 1 aliphatic rings. The highest BCUT2D eigenvalue weighted by Gasteiger charge is 2.15. The number of nitrogens with one attached hydrogen (secondary N) is 2. The third-order valence-electron chi connectivity index (χ3n) is 3.75. The van der Waals surface area contributed by atoms with E-state index in [1.807, 2.05) is 25.2 Å². The van der Waals surface area contributed by atoms with E-state index in [0.29, 0.717) is 11.4 Å². The first-order valence-corrected chi connectivity index (χ1v) is 7.71. The number of anilines is 2. The summed E-state index contributed by atoms with van der Waals surface area (Å²) in [6.07, 6.45) is 0. The fourth-order valence-corrected chi connectivity index (χ4v) is 2.57. The van der Waals surface area contributed by atoms with Gasteiger partial charge in [0, 0.05) is 42.7 Å². The van der Waals surface area contributed by atoms with Gasteiger partial charge < -0.3 is 15.5 Å². The number of amides is 2. The minimum atomic E-state index is -0.509. The number of benzene rings is 2. The average Bonchev–Trinajstić information content (AvgIpc) is 3.01. The van der Waals surface area contributed by atoms with Crippen molar-refractivity contribution in [3.63, 3.8) is 0 Å². The van der Waals surface area contributed by atoms with Crippen molar-refractivity contribution in [2.45, 2.75) is 0 Å². The summed E-state index contributed by atoms with van der Waals surface area (Å²) in [5.41, 5.74) is 1.81. The van der Waals surface area contributed by atoms with Crippen LogP contribution in [0.25, 0.3) is 0 Å². The third-order valence-corrected chi connectivity index (χ3v) is 3.75. The highest BCUT2D eigenvalue weighted by molar-refractivity contribution is 6.03. The molecule has 8 nitrogen and oxygen atoms in total. The molecule has 0 fully saturated rings. The number of nitro benzene ring substituents is 1. The van der Waals surface area contributed by atoms with Gasteiger partial charge in [0.1, 0.15) is 5.84 Å². The van der Waals surface area contributed by atoms with Crippen LogP contribution in [0.3, 0.4) is 0 Å². The van der Waals surface area contributed by atoms with Crippen LogP contribution in [0, 0.1) is 10.1 Å². The third kappa shape index (κ3) is 3.92. The lowest BCUT2D eigenvalue weighted by Crippen LogP contribution is -2.24. The quantitative estimate of drug-likeness (QED) is 0.660. The number of rotatable bonds is 4. The maximum Gasteiger partial charge on any atom is 0.323 e. The molecule has 0 aromatic heterocycles. The Kier molecular flexibility index (Phi) is 4.60. The summed E-state index contributed by atoms with van der Waals surface area (Å²) in [4.78, 5) is 28.9. The zero-order chi connectivity index (χ0) is 17.8. The predicted molar refractivity (Wildman–Crippen MR) is 96.2 cm³/mol. The van der Waals surface area contributed by atoms with Gasteiger partial charge in [-0.3, -0.25) is 15.1 Å². The van der Waals surface area contributed by atoms with Crippen LogP contribution in [0.15, 0.2) is 53.5 Å². The second-order valence-electron chi connectivity index (χ2n) is 5.59. The molecule has 0 saturated carbocycles. The van der Waals surface area contributed by atoms with Gasteiger partial charge >= 0.3 is 6.03 Å². The van der Waals surface area contributed by atoms with E-state index in [-0.39, 0.29) is 5.69 Å². The highest BCUT2D eigenvalue weighted by Crippen LogP contribution is 2.18. The Balaban J connectivity index is 1.69. The van der Waals surface area contributed by atoms with E-state index in [9.17, 15) is 14.9 Å². The highest BCUT2D eigenvalue weighted by atomic mass is 16.6. The van der Waals surface area contributed by atoms with E-state index in [1.165, 1.54) is 18.2 Å². The number of aliphatic imine (C=N–C) groups is 1. The van der Waals surface area contributed by atoms with Crippen LogP contribution >= 0.6 is 0 Å². The zero-order valence-corrected chi connectivity index (χ0v) is 13.6. The summed E-state index contributed by atoms with van der Waals surface area (Å²) in [5.74, 6) is 0.891. The van der Waals surface area contributed by atoms with Crippen LogP contribution in [0.4, 0.5) is 21.9 Å². The van der Waals surface area contributed by atoms with Gasteiger partial charge in [0.05, 0.1) is 11.5 Å². The second kappa shape index (κ2) is 7.00. The van der Waals surface area contributed by atoms with Gasteiger partial charge in [0.2, 0.25) is 0 Å². The Bertz CT molecular complexity index is 850. The largest absolute Gasteiger partial charge is 0.358 e. The molecule has 0 atom stereocenters. The first-order chi connectivity index (χ1) is 12.0. The minimum Gasteiger partial charge on any atom is -0.358 e. The number of urea groups is 1. The number of carbonyl (C=O) groups is 1. The van der Waals surface area contributed by atoms with Crippen molar-refractivity contribution in [1.82, 2.24) is 4.90 Å². The first-order valence-electron chi connectivity index (χ1n) is 7.71. The lowest BCUT2D eigenvalue weighted by atomic mass is 10.1. The number of likely N-dealkylation sites (N-methyl/N-ethyl adjacent to an activating group) is 1. The smallest absolute Gasteiger partial charge is 0.323 e. The molecule has 128 valence electrons. The number of amidine groups is 1. The van der Waals surface area contributed by atoms with Crippen LogP contribution in [-0.2, 0) is 0 Å². The summed E-state index contributed by atoms with van der Waals surface area (Å²) < 4.78 is 0. The molecule has 1 aliphatic heterocycles. The van der Waals surface area contributed by atoms with E-state index in [2.05, 4.69) is 20.5 Å². The van der Waals surface area contributed by atoms with Crippen molar-refractivity contribution in [1.29, 1.82) is 0 Å². The van der Waals surface area contributed by atoms with Gasteiger partial charge in [0.15, 0.2) is 0 Å². The van der Waals surface area contributed by atoms with Crippen LogP contribution in [-0.4, -0.2) is 41.8 Å². The molecule has 3 rings (SSSR count). The first kappa shape index (κ1) is 16.4. The molecule has 2 aromatic rings. The van der Waals surface area contributed by atoms with E-state index >= 15 is 0 Å². The number of hydrogen-bond acceptors (Lipinski definition) is 5. The molecular weight excluding hydrogens is 322 g/mol. The maximum absolute atomic E-state index is 12.1. The fourth-order valence-electron chi connectivity index (χ4n) is 2.57. The second-order valence-corrected chi connectivity index (χ2v) is 5.59. The topological polar surface area (TPSA) is 99.9 Å². The van der Waals surface area contributed by atoms with Crippen LogP contribution in [0.2, 0.25) is 0 Å². The predicted octanol–water partition coefficient (Wildman–Crippen LogP) is 2.93. The summed E-state index contributed by atoms with van der Waals surface area (Å²) in [5, 5.41) is 16.1. The van der Waals surface area contributed by atoms with Crippen LogP contribution in [0.1, 0.15) is 5.56 Å². The van der Waals surface area contributed by atoms with Crippen LogP contribution in [0.5, 0.6) is 0 Å². The number of hydrogen-bond donors (Lipinski definition) is 2. The summed E-state index contributed by atoms with van der Waals surface area (Å²) in [7, 11) is 1.97. The van der Waals surface area contributed by atoms with E-state index in [4.69, 9.17) is 0 Å². The average molecular weight is 339 g/mol. The molecule has 0 bridgehead atoms. The van der Waals surface area contributed by atoms with Gasteiger partial charge in [-0.2, -0.15) is 0 Å². The van der Waals surface area contributed by atoms with Crippen molar-refractivity contribution < 1.29 is 9.72 Å². The molecule has 25 heavy (non-hydrogen) atoms. The molecule has 8 heteroatoms. The Hall–Kier alpha value is -3.42. The normalized spacial score (nSPS) is 13.3. The van der Waals surface area contributed by atoms with Crippen molar-refractivity contribution >= 4 is 28.9 Å². The Morgan fingerprint density at radius 2 is 1.84 bits per heavy atom. The van der Waals surface area contributed by atoms with E-state index in [1.54, 1.807) is 12.1 Å². The molecule has 2 aromatic carbocycles. The van der Waals surface area contributed by atoms with Crippen molar-refractivity contribution in [2.24, 2.45) is 4.99 Å². The van der Waals surface area contributed by atoms with Crippen molar-refractivity contribution in [2.75, 3.05) is 30.8 Å². The summed E-state index contributed by atoms with van der Waals surface area (Å²) >= 11 is 0. The molecule has 2 N–H and O–H groups in total. The number of non-ortho nitro benzene ring substituents is 1. The van der Waals surface area contributed by atoms with Crippen molar-refractivity contribution in [3.8, 4) is 0 Å². The minimum absolute atomic E-state index is 0.0814. The number of nitro groups is 1. The van der Waals surface area contributed by atoms with Gasteiger partial charge in [-0.1, -0.05) is 18.2 Å². The maximum atomic E-state index is 12.1. The monoisotopic (exact) mass is 339 g/mol. The SMILES string of the molecule is CN1CCN=C1c1cccc(NC(=O)Nc2cccc([N+](=O)[O-])c2)c1. The molecule has 0 saturated heterocycles. The van der Waals surface area contributed by atoms with Crippen molar-refractivity contribution in [3.05, 3.63) is 64.2 Å². The Morgan fingerprint density at radius 1 is 1.16 bits per heavy atom. The van der Waals surface area contributed by atoms with Gasteiger partial charge in [-0.05, 0) is 18.2 Å². The molecule has 0 unspecified atom stereocenters. The summed E-state index contributed by atoms with van der Waals surface area (Å²) in [6, 6.07) is 12.7. The van der Waals surface area contributed by atoms with Gasteiger partial charge in [-0.15, -0.1) is 0 Å². The standard InChI is InChI=1S/C17H17N5O3/c1-21-9-8-18-16(21)12-4-2-5-13(10-12)19-17(23)20-14-6-3-7-15(11-14)22(24)25/h2-7,10-11H,8-9H2,1H3,(H2,19,20,23). The molecule has 0 spiro atoms. The molecule has 2 amide bonds. The van der Waals surface area contributed by atoms with E-state index in [0.717, 1.165) is 24.5 Å². The molecule has 0 aliphatic carbocycles. The fraction of sp³-hybridized carbons (Fsp3) is 0.176. The lowest BCUT2D eigenvalue weighted by Gasteiger charge is -2.15. The Labute approximate surface area is 144 Å². The molecule has 1 heterocycles. The Morgan fingerprint density at radius 3 is 2.48 bits per heavy atom. The summed E-state index contributed by atoms with van der Waals surface area (Å²) in [6.45, 7) is 1.64. The van der Waals surface area contributed by atoms with Gasteiger partial charge in [0.25, 0.3) is 5.69 Å². The number of carbonyl (C=O) groups excluding carboxylic acids is 1. The lowest BCUT2D eigenvalue weighted by molar-refractivity contribution is -0.384. The number of nitrogens with zero attached hydrogens (tertiary/aromatic N) is 3. The van der Waals surface area contributed by atoms with Crippen LogP contribution < -0.4 is 10.6 Å².